The molecule has 0 aromatic carbocycles. The second kappa shape index (κ2) is 3.84. The fourth-order valence-corrected chi connectivity index (χ4v) is 2.96. The van der Waals surface area contributed by atoms with Gasteiger partial charge in [0.15, 0.2) is 5.82 Å². The molecule has 3 heterocycles. The predicted octanol–water partition coefficient (Wildman–Crippen LogP) is 1.88. The predicted molar refractivity (Wildman–Crippen MR) is 60.1 cm³/mol. The van der Waals surface area contributed by atoms with Crippen LogP contribution in [0.4, 0.5) is 0 Å². The van der Waals surface area contributed by atoms with E-state index in [-0.39, 0.29) is 0 Å². The molecule has 3 unspecified atom stereocenters. The summed E-state index contributed by atoms with van der Waals surface area (Å²) in [4.78, 5) is 4.53. The summed E-state index contributed by atoms with van der Waals surface area (Å²) in [5.74, 6) is 2.78. The Hall–Kier alpha value is -0.900. The van der Waals surface area contributed by atoms with Gasteiger partial charge in [0.05, 0.1) is 5.92 Å². The lowest BCUT2D eigenvalue weighted by Gasteiger charge is -2.15. The topological polar surface area (TPSA) is 51.0 Å². The molecular weight excluding hydrogens is 202 g/mol. The summed E-state index contributed by atoms with van der Waals surface area (Å²) < 4.78 is 5.40. The summed E-state index contributed by atoms with van der Waals surface area (Å²) in [5.41, 5.74) is 0. The summed E-state index contributed by atoms with van der Waals surface area (Å²) in [6.45, 7) is 4.35. The first-order chi connectivity index (χ1) is 7.72. The van der Waals surface area contributed by atoms with Gasteiger partial charge in [0.1, 0.15) is 0 Å². The molecule has 4 heteroatoms. The van der Waals surface area contributed by atoms with Gasteiger partial charge in [-0.25, -0.2) is 0 Å². The van der Waals surface area contributed by atoms with Gasteiger partial charge in [-0.05, 0) is 25.2 Å². The fraction of sp³-hybridized carbons (Fsp3) is 0.833. The summed E-state index contributed by atoms with van der Waals surface area (Å²) in [6, 6.07) is 1.27. The quantitative estimate of drug-likeness (QED) is 0.846. The van der Waals surface area contributed by atoms with Crippen LogP contribution in [0.25, 0.3) is 0 Å². The summed E-state index contributed by atoms with van der Waals surface area (Å²) in [7, 11) is 0. The van der Waals surface area contributed by atoms with Crippen molar-refractivity contribution in [2.24, 2.45) is 5.92 Å². The highest BCUT2D eigenvalue weighted by Gasteiger charge is 2.42. The van der Waals surface area contributed by atoms with E-state index in [0.29, 0.717) is 23.9 Å². The van der Waals surface area contributed by atoms with E-state index < -0.39 is 0 Å². The monoisotopic (exact) mass is 221 g/mol. The number of aromatic nitrogens is 2. The molecule has 2 bridgehead atoms. The zero-order valence-electron chi connectivity index (χ0n) is 9.94. The third-order valence-electron chi connectivity index (χ3n) is 3.69. The molecule has 2 aliphatic rings. The van der Waals surface area contributed by atoms with Crippen LogP contribution in [0.3, 0.4) is 0 Å². The molecule has 3 atom stereocenters. The lowest BCUT2D eigenvalue weighted by atomic mass is 9.89. The third kappa shape index (κ3) is 1.75. The van der Waals surface area contributed by atoms with Crippen LogP contribution in [0.2, 0.25) is 0 Å². The Balaban J connectivity index is 1.73. The van der Waals surface area contributed by atoms with Crippen LogP contribution in [0.5, 0.6) is 0 Å². The van der Waals surface area contributed by atoms with Crippen molar-refractivity contribution >= 4 is 0 Å². The molecule has 1 N–H and O–H groups in total. The van der Waals surface area contributed by atoms with E-state index in [1.54, 1.807) is 0 Å². The first-order valence-corrected chi connectivity index (χ1v) is 6.31. The maximum atomic E-state index is 5.40. The maximum absolute atomic E-state index is 5.40. The minimum atomic E-state index is 0.465. The summed E-state index contributed by atoms with van der Waals surface area (Å²) in [6.07, 6.45) is 4.66. The number of rotatable bonds is 3. The van der Waals surface area contributed by atoms with Gasteiger partial charge in [-0.15, -0.1) is 0 Å². The molecule has 4 nitrogen and oxygen atoms in total. The lowest BCUT2D eigenvalue weighted by Crippen LogP contribution is -2.21. The van der Waals surface area contributed by atoms with Gasteiger partial charge in [-0.1, -0.05) is 19.0 Å². The molecule has 0 radical (unpaired) electrons. The van der Waals surface area contributed by atoms with Gasteiger partial charge in [-0.2, -0.15) is 4.98 Å². The van der Waals surface area contributed by atoms with Crippen molar-refractivity contribution in [3.8, 4) is 0 Å². The Morgan fingerprint density at radius 1 is 1.44 bits per heavy atom. The molecule has 3 rings (SSSR count). The number of nitrogens with zero attached hydrogens (tertiary/aromatic N) is 2. The summed E-state index contributed by atoms with van der Waals surface area (Å²) in [5, 5.41) is 7.67. The fourth-order valence-electron chi connectivity index (χ4n) is 2.96. The molecule has 2 fully saturated rings. The highest BCUT2D eigenvalue weighted by Crippen LogP contribution is 2.39. The van der Waals surface area contributed by atoms with Crippen molar-refractivity contribution < 1.29 is 4.52 Å². The average Bonchev–Trinajstić information content (AvgIpc) is 2.89. The molecule has 0 aliphatic carbocycles. The first kappa shape index (κ1) is 10.3. The van der Waals surface area contributed by atoms with Gasteiger partial charge < -0.3 is 9.84 Å². The van der Waals surface area contributed by atoms with Gasteiger partial charge in [-0.3, -0.25) is 0 Å². The minimum absolute atomic E-state index is 0.465. The van der Waals surface area contributed by atoms with E-state index in [0.717, 1.165) is 18.1 Å². The second-order valence-corrected chi connectivity index (χ2v) is 5.54. The zero-order valence-corrected chi connectivity index (χ0v) is 9.94. The van der Waals surface area contributed by atoms with Crippen molar-refractivity contribution in [2.45, 2.75) is 57.5 Å². The van der Waals surface area contributed by atoms with Gasteiger partial charge in [0, 0.05) is 18.5 Å². The summed E-state index contributed by atoms with van der Waals surface area (Å²) >= 11 is 0. The first-order valence-electron chi connectivity index (χ1n) is 6.31. The normalized spacial score (nSPS) is 32.8. The van der Waals surface area contributed by atoms with Crippen LogP contribution in [0.1, 0.15) is 50.7 Å². The standard InChI is InChI=1S/C12H19N3O/c1-7(2)5-11-14-12(16-15-11)9-6-8-3-4-10(9)13-8/h7-10,13H,3-6H2,1-2H3. The number of hydrogen-bond donors (Lipinski definition) is 1. The van der Waals surface area contributed by atoms with Crippen molar-refractivity contribution in [1.82, 2.24) is 15.5 Å². The van der Waals surface area contributed by atoms with E-state index in [9.17, 15) is 0 Å². The van der Waals surface area contributed by atoms with E-state index in [1.807, 2.05) is 0 Å². The maximum Gasteiger partial charge on any atom is 0.231 e. The Bertz CT molecular complexity index is 374. The SMILES string of the molecule is CC(C)Cc1noc(C2CC3CCC2N3)n1. The Labute approximate surface area is 95.8 Å². The molecule has 16 heavy (non-hydrogen) atoms. The molecule has 1 aromatic rings. The van der Waals surface area contributed by atoms with Crippen molar-refractivity contribution in [2.75, 3.05) is 0 Å². The molecule has 0 spiro atoms. The Kier molecular flexibility index (Phi) is 2.46. The van der Waals surface area contributed by atoms with Crippen LogP contribution >= 0.6 is 0 Å². The highest BCUT2D eigenvalue weighted by atomic mass is 16.5. The van der Waals surface area contributed by atoms with Crippen LogP contribution in [0.15, 0.2) is 4.52 Å². The number of nitrogens with one attached hydrogen (secondary N) is 1. The van der Waals surface area contributed by atoms with Gasteiger partial charge >= 0.3 is 0 Å². The van der Waals surface area contributed by atoms with E-state index in [1.165, 1.54) is 19.3 Å². The van der Waals surface area contributed by atoms with E-state index in [2.05, 4.69) is 29.3 Å². The molecule has 88 valence electrons. The van der Waals surface area contributed by atoms with Crippen molar-refractivity contribution in [1.29, 1.82) is 0 Å². The Morgan fingerprint density at radius 3 is 2.94 bits per heavy atom. The number of fused-ring (bicyclic) bond motifs is 2. The lowest BCUT2D eigenvalue weighted by molar-refractivity contribution is 0.326. The molecular formula is C12H19N3O. The van der Waals surface area contributed by atoms with Crippen LogP contribution in [0, 0.1) is 5.92 Å². The zero-order chi connectivity index (χ0) is 11.1. The van der Waals surface area contributed by atoms with Gasteiger partial charge in [0.25, 0.3) is 0 Å². The minimum Gasteiger partial charge on any atom is -0.339 e. The van der Waals surface area contributed by atoms with E-state index in [4.69, 9.17) is 4.52 Å². The molecule has 2 aliphatic heterocycles. The van der Waals surface area contributed by atoms with Crippen LogP contribution in [-0.2, 0) is 6.42 Å². The van der Waals surface area contributed by atoms with Crippen LogP contribution < -0.4 is 5.32 Å². The number of hydrogen-bond acceptors (Lipinski definition) is 4. The van der Waals surface area contributed by atoms with Crippen molar-refractivity contribution in [3.63, 3.8) is 0 Å². The Morgan fingerprint density at radius 2 is 2.31 bits per heavy atom. The van der Waals surface area contributed by atoms with Crippen molar-refractivity contribution in [3.05, 3.63) is 11.7 Å². The highest BCUT2D eigenvalue weighted by molar-refractivity contribution is 5.10. The smallest absolute Gasteiger partial charge is 0.231 e. The molecule has 1 aromatic heterocycles. The third-order valence-corrected chi connectivity index (χ3v) is 3.69. The van der Waals surface area contributed by atoms with E-state index >= 15 is 0 Å². The molecule has 0 amide bonds. The van der Waals surface area contributed by atoms with Crippen LogP contribution in [-0.4, -0.2) is 22.2 Å². The molecule has 0 saturated carbocycles. The van der Waals surface area contributed by atoms with Gasteiger partial charge in [0.2, 0.25) is 5.89 Å². The average molecular weight is 221 g/mol. The second-order valence-electron chi connectivity index (χ2n) is 5.54. The largest absolute Gasteiger partial charge is 0.339 e. The molecule has 2 saturated heterocycles.